The summed E-state index contributed by atoms with van der Waals surface area (Å²) < 4.78 is 11.1. The molecule has 122 valence electrons. The van der Waals surface area contributed by atoms with E-state index >= 15 is 0 Å². The monoisotopic (exact) mass is 312 g/mol. The molecule has 2 rings (SSSR count). The van der Waals surface area contributed by atoms with Gasteiger partial charge in [-0.3, -0.25) is 0 Å². The smallest absolute Gasteiger partial charge is 0.333 e. The van der Waals surface area contributed by atoms with E-state index in [1.54, 1.807) is 19.3 Å². The van der Waals surface area contributed by atoms with Crippen LogP contribution in [0.2, 0.25) is 0 Å². The Balaban J connectivity index is 2.18. The van der Waals surface area contributed by atoms with Crippen molar-refractivity contribution in [2.75, 3.05) is 0 Å². The van der Waals surface area contributed by atoms with Gasteiger partial charge in [0.1, 0.15) is 12.4 Å². The second kappa shape index (κ2) is 7.32. The van der Waals surface area contributed by atoms with Gasteiger partial charge in [0.15, 0.2) is 0 Å². The van der Waals surface area contributed by atoms with Crippen LogP contribution in [0.4, 0.5) is 0 Å². The molecular formula is C20H24O3. The summed E-state index contributed by atoms with van der Waals surface area (Å²) in [5.74, 6) is 0.577. The first-order chi connectivity index (χ1) is 10.9. The molecule has 0 aliphatic heterocycles. The lowest BCUT2D eigenvalue weighted by atomic mass is 9.98. The standard InChI is InChI=1S/C20H24O3/c1-6-13(2)20(21)23-12-18-15(4)11-22-19(18)10-17-9-7-8-14(3)16(17)5/h6-9,11H,10,12H2,1-5H3. The van der Waals surface area contributed by atoms with Crippen LogP contribution in [0.1, 0.15) is 47.4 Å². The zero-order valence-electron chi connectivity index (χ0n) is 14.5. The minimum Gasteiger partial charge on any atom is -0.468 e. The van der Waals surface area contributed by atoms with Crippen LogP contribution in [-0.2, 0) is 22.6 Å². The van der Waals surface area contributed by atoms with Crippen molar-refractivity contribution < 1.29 is 13.9 Å². The fourth-order valence-electron chi connectivity index (χ4n) is 2.41. The third-order valence-corrected chi connectivity index (χ3v) is 4.36. The zero-order chi connectivity index (χ0) is 17.0. The normalized spacial score (nSPS) is 11.6. The molecule has 2 aromatic rings. The lowest BCUT2D eigenvalue weighted by Crippen LogP contribution is -2.07. The van der Waals surface area contributed by atoms with E-state index < -0.39 is 0 Å². The Hall–Kier alpha value is -2.29. The maximum atomic E-state index is 11.8. The lowest BCUT2D eigenvalue weighted by Gasteiger charge is -2.10. The third-order valence-electron chi connectivity index (χ3n) is 4.36. The van der Waals surface area contributed by atoms with Crippen molar-refractivity contribution in [2.45, 2.75) is 47.6 Å². The van der Waals surface area contributed by atoms with Crippen LogP contribution in [0.25, 0.3) is 0 Å². The number of rotatable bonds is 5. The van der Waals surface area contributed by atoms with Crippen molar-refractivity contribution in [1.82, 2.24) is 0 Å². The summed E-state index contributed by atoms with van der Waals surface area (Å²) in [6, 6.07) is 6.28. The Morgan fingerprint density at radius 3 is 2.65 bits per heavy atom. The van der Waals surface area contributed by atoms with Gasteiger partial charge in [-0.2, -0.15) is 0 Å². The number of esters is 1. The van der Waals surface area contributed by atoms with Gasteiger partial charge in [-0.25, -0.2) is 4.79 Å². The predicted octanol–water partition coefficient (Wildman–Crippen LogP) is 4.81. The number of benzene rings is 1. The van der Waals surface area contributed by atoms with Crippen LogP contribution in [0.5, 0.6) is 0 Å². The second-order valence-electron chi connectivity index (χ2n) is 5.90. The van der Waals surface area contributed by atoms with E-state index in [9.17, 15) is 4.79 Å². The molecule has 0 radical (unpaired) electrons. The lowest BCUT2D eigenvalue weighted by molar-refractivity contribution is -0.140. The zero-order valence-corrected chi connectivity index (χ0v) is 14.5. The topological polar surface area (TPSA) is 39.4 Å². The van der Waals surface area contributed by atoms with E-state index in [0.717, 1.165) is 16.9 Å². The maximum absolute atomic E-state index is 11.8. The number of hydrogen-bond donors (Lipinski definition) is 0. The highest BCUT2D eigenvalue weighted by Crippen LogP contribution is 2.24. The summed E-state index contributed by atoms with van der Waals surface area (Å²) in [7, 11) is 0. The number of carbonyl (C=O) groups is 1. The quantitative estimate of drug-likeness (QED) is 0.588. The van der Waals surface area contributed by atoms with Gasteiger partial charge in [0.05, 0.1) is 6.26 Å². The van der Waals surface area contributed by atoms with Gasteiger partial charge in [-0.05, 0) is 56.9 Å². The van der Waals surface area contributed by atoms with E-state index in [4.69, 9.17) is 9.15 Å². The number of aryl methyl sites for hydroxylation is 2. The average molecular weight is 312 g/mol. The number of carbonyl (C=O) groups excluding carboxylic acids is 1. The summed E-state index contributed by atoms with van der Waals surface area (Å²) in [6.07, 6.45) is 4.19. The summed E-state index contributed by atoms with van der Waals surface area (Å²) in [5, 5.41) is 0. The minimum absolute atomic E-state index is 0.243. The highest BCUT2D eigenvalue weighted by atomic mass is 16.5. The van der Waals surface area contributed by atoms with Crippen molar-refractivity contribution in [2.24, 2.45) is 0 Å². The number of hydrogen-bond acceptors (Lipinski definition) is 3. The van der Waals surface area contributed by atoms with Crippen LogP contribution in [0.15, 0.2) is 40.5 Å². The van der Waals surface area contributed by atoms with Crippen molar-refractivity contribution >= 4 is 5.97 Å². The summed E-state index contributed by atoms with van der Waals surface area (Å²) in [6.45, 7) is 10.0. The molecule has 0 amide bonds. The highest BCUT2D eigenvalue weighted by molar-refractivity contribution is 5.87. The van der Waals surface area contributed by atoms with Gasteiger partial charge in [0.25, 0.3) is 0 Å². The van der Waals surface area contributed by atoms with Gasteiger partial charge in [-0.1, -0.05) is 24.3 Å². The Labute approximate surface area is 138 Å². The van der Waals surface area contributed by atoms with E-state index in [2.05, 4.69) is 32.0 Å². The Bertz CT molecular complexity index is 735. The first-order valence-corrected chi connectivity index (χ1v) is 7.85. The van der Waals surface area contributed by atoms with Gasteiger partial charge in [0.2, 0.25) is 0 Å². The van der Waals surface area contributed by atoms with Gasteiger partial charge < -0.3 is 9.15 Å². The van der Waals surface area contributed by atoms with Crippen LogP contribution in [0.3, 0.4) is 0 Å². The van der Waals surface area contributed by atoms with Crippen LogP contribution in [-0.4, -0.2) is 5.97 Å². The average Bonchev–Trinajstić information content (AvgIpc) is 2.88. The fourth-order valence-corrected chi connectivity index (χ4v) is 2.41. The molecule has 0 aliphatic rings. The highest BCUT2D eigenvalue weighted by Gasteiger charge is 2.15. The van der Waals surface area contributed by atoms with Crippen molar-refractivity contribution in [3.63, 3.8) is 0 Å². The molecule has 0 fully saturated rings. The molecule has 0 saturated carbocycles. The fraction of sp³-hybridized carbons (Fsp3) is 0.350. The van der Waals surface area contributed by atoms with E-state index in [0.29, 0.717) is 12.0 Å². The molecule has 1 aromatic heterocycles. The minimum atomic E-state index is -0.286. The molecular weight excluding hydrogens is 288 g/mol. The van der Waals surface area contributed by atoms with E-state index in [-0.39, 0.29) is 12.6 Å². The van der Waals surface area contributed by atoms with Crippen LogP contribution >= 0.6 is 0 Å². The Kier molecular flexibility index (Phi) is 5.43. The van der Waals surface area contributed by atoms with Gasteiger partial charge >= 0.3 is 5.97 Å². The SMILES string of the molecule is CC=C(C)C(=O)OCc1c(C)coc1Cc1cccc(C)c1C. The molecule has 0 unspecified atom stereocenters. The van der Waals surface area contributed by atoms with Crippen LogP contribution in [0, 0.1) is 20.8 Å². The van der Waals surface area contributed by atoms with E-state index in [1.165, 1.54) is 16.7 Å². The molecule has 0 bridgehead atoms. The van der Waals surface area contributed by atoms with Gasteiger partial charge in [-0.15, -0.1) is 0 Å². The molecule has 3 heteroatoms. The van der Waals surface area contributed by atoms with Crippen molar-refractivity contribution in [3.05, 3.63) is 69.7 Å². The molecule has 1 heterocycles. The molecule has 0 saturated heterocycles. The largest absolute Gasteiger partial charge is 0.468 e. The molecule has 0 spiro atoms. The molecule has 3 nitrogen and oxygen atoms in total. The number of furan rings is 1. The third kappa shape index (κ3) is 3.92. The van der Waals surface area contributed by atoms with Crippen LogP contribution < -0.4 is 0 Å². The summed E-state index contributed by atoms with van der Waals surface area (Å²) >= 11 is 0. The first kappa shape index (κ1) is 17.1. The molecule has 0 N–H and O–H groups in total. The van der Waals surface area contributed by atoms with Crippen molar-refractivity contribution in [1.29, 1.82) is 0 Å². The summed E-state index contributed by atoms with van der Waals surface area (Å²) in [5.41, 5.74) is 6.36. The number of ether oxygens (including phenoxy) is 1. The van der Waals surface area contributed by atoms with E-state index in [1.807, 2.05) is 13.8 Å². The molecule has 1 aromatic carbocycles. The first-order valence-electron chi connectivity index (χ1n) is 7.85. The Morgan fingerprint density at radius 2 is 1.96 bits per heavy atom. The number of allylic oxidation sites excluding steroid dienone is 1. The molecule has 23 heavy (non-hydrogen) atoms. The van der Waals surface area contributed by atoms with Crippen molar-refractivity contribution in [3.8, 4) is 0 Å². The van der Waals surface area contributed by atoms with Gasteiger partial charge in [0, 0.05) is 17.6 Å². The Morgan fingerprint density at radius 1 is 1.22 bits per heavy atom. The second-order valence-corrected chi connectivity index (χ2v) is 5.90. The summed E-state index contributed by atoms with van der Waals surface area (Å²) in [4.78, 5) is 11.8. The molecule has 0 atom stereocenters. The predicted molar refractivity (Wildman–Crippen MR) is 91.4 cm³/mol. The maximum Gasteiger partial charge on any atom is 0.333 e. The molecule has 0 aliphatic carbocycles.